The summed E-state index contributed by atoms with van der Waals surface area (Å²) in [6, 6.07) is 8.82. The summed E-state index contributed by atoms with van der Waals surface area (Å²) in [5.74, 6) is 0.557. The molecule has 0 bridgehead atoms. The topological polar surface area (TPSA) is 68.9 Å². The minimum Gasteiger partial charge on any atom is -0.365 e. The van der Waals surface area contributed by atoms with E-state index >= 15 is 0 Å². The van der Waals surface area contributed by atoms with Crippen molar-refractivity contribution < 1.29 is 4.39 Å². The number of nitrogens with one attached hydrogen (secondary N) is 2. The summed E-state index contributed by atoms with van der Waals surface area (Å²) in [6.07, 6.45) is 6.35. The molecule has 1 saturated carbocycles. The molecule has 1 aromatic carbocycles. The van der Waals surface area contributed by atoms with E-state index in [9.17, 15) is 9.65 Å². The van der Waals surface area contributed by atoms with Crippen LogP contribution in [0.2, 0.25) is 0 Å². The van der Waals surface area contributed by atoms with Gasteiger partial charge in [0, 0.05) is 17.8 Å². The number of hydrogen-bond acceptors (Lipinski definition) is 3. The van der Waals surface area contributed by atoms with Gasteiger partial charge in [0.1, 0.15) is 23.1 Å². The second-order valence-corrected chi connectivity index (χ2v) is 5.90. The fourth-order valence-electron chi connectivity index (χ4n) is 3.21. The van der Waals surface area contributed by atoms with Crippen LogP contribution in [0.25, 0.3) is 16.9 Å². The Morgan fingerprint density at radius 1 is 1.26 bits per heavy atom. The van der Waals surface area contributed by atoms with E-state index in [1.165, 1.54) is 25.0 Å². The third-order valence-corrected chi connectivity index (χ3v) is 4.39. The molecule has 6 heteroatoms. The molecular weight excluding hydrogens is 293 g/mol. The first kappa shape index (κ1) is 13.8. The highest BCUT2D eigenvalue weighted by Crippen LogP contribution is 2.32. The zero-order chi connectivity index (χ0) is 15.8. The van der Waals surface area contributed by atoms with Crippen molar-refractivity contribution in [1.29, 1.82) is 5.26 Å². The van der Waals surface area contributed by atoms with E-state index in [0.29, 0.717) is 17.3 Å². The number of benzene rings is 1. The molecule has 1 fully saturated rings. The highest BCUT2D eigenvalue weighted by molar-refractivity contribution is 5.78. The van der Waals surface area contributed by atoms with E-state index < -0.39 is 0 Å². The van der Waals surface area contributed by atoms with Gasteiger partial charge in [-0.1, -0.05) is 12.8 Å². The third-order valence-electron chi connectivity index (χ3n) is 4.39. The first-order valence-corrected chi connectivity index (χ1v) is 7.78. The van der Waals surface area contributed by atoms with E-state index in [4.69, 9.17) is 0 Å². The lowest BCUT2D eigenvalue weighted by molar-refractivity contribution is 0.628. The van der Waals surface area contributed by atoms with Crippen LogP contribution in [0.3, 0.4) is 0 Å². The van der Waals surface area contributed by atoms with Crippen molar-refractivity contribution in [2.24, 2.45) is 0 Å². The van der Waals surface area contributed by atoms with Crippen molar-refractivity contribution in [2.45, 2.75) is 31.7 Å². The van der Waals surface area contributed by atoms with Gasteiger partial charge in [0.2, 0.25) is 0 Å². The number of aromatic amines is 1. The average Bonchev–Trinajstić information content (AvgIpc) is 3.26. The molecule has 0 saturated heterocycles. The maximum atomic E-state index is 13.2. The minimum atomic E-state index is -0.276. The average molecular weight is 309 g/mol. The Balaban J connectivity index is 1.85. The van der Waals surface area contributed by atoms with Gasteiger partial charge < -0.3 is 5.32 Å². The van der Waals surface area contributed by atoms with Gasteiger partial charge in [0.15, 0.2) is 11.5 Å². The Hall–Kier alpha value is -2.81. The van der Waals surface area contributed by atoms with Crippen LogP contribution in [-0.2, 0) is 0 Å². The molecule has 1 aliphatic carbocycles. The molecule has 0 unspecified atom stereocenters. The zero-order valence-corrected chi connectivity index (χ0v) is 12.5. The van der Waals surface area contributed by atoms with Crippen LogP contribution in [0.5, 0.6) is 0 Å². The van der Waals surface area contributed by atoms with Crippen LogP contribution < -0.4 is 5.32 Å². The molecule has 0 amide bonds. The van der Waals surface area contributed by atoms with Gasteiger partial charge in [-0.15, -0.1) is 0 Å². The molecule has 23 heavy (non-hydrogen) atoms. The highest BCUT2D eigenvalue weighted by atomic mass is 19.1. The maximum absolute atomic E-state index is 13.2. The summed E-state index contributed by atoms with van der Waals surface area (Å²) < 4.78 is 15.0. The van der Waals surface area contributed by atoms with Crippen molar-refractivity contribution in [1.82, 2.24) is 14.6 Å². The van der Waals surface area contributed by atoms with Crippen LogP contribution in [0.1, 0.15) is 31.2 Å². The normalized spacial score (nSPS) is 15.1. The van der Waals surface area contributed by atoms with Gasteiger partial charge in [0.05, 0.1) is 0 Å². The van der Waals surface area contributed by atoms with Crippen molar-refractivity contribution >= 4 is 11.5 Å². The number of imidazole rings is 1. The van der Waals surface area contributed by atoms with Crippen molar-refractivity contribution in [2.75, 3.05) is 5.32 Å². The standard InChI is InChI=1S/C17H16FN5/c18-13-7-5-11(6-8-13)15-17(21-14-3-1-2-4-14)23-16(22-15)12(9-19)10-20-23/h5-8,10,14,20-21H,1-4H2. The van der Waals surface area contributed by atoms with Gasteiger partial charge in [-0.25, -0.2) is 13.9 Å². The number of halogens is 1. The van der Waals surface area contributed by atoms with E-state index in [0.717, 1.165) is 29.9 Å². The molecule has 0 spiro atoms. The Bertz CT molecular complexity index is 878. The number of hydrogen-bond donors (Lipinski definition) is 2. The Morgan fingerprint density at radius 2 is 2.00 bits per heavy atom. The molecule has 116 valence electrons. The molecule has 0 aliphatic heterocycles. The Labute approximate surface area is 132 Å². The predicted octanol–water partition coefficient (Wildman–Crippen LogP) is 3.69. The third kappa shape index (κ3) is 2.34. The summed E-state index contributed by atoms with van der Waals surface area (Å²) >= 11 is 0. The minimum absolute atomic E-state index is 0.276. The molecule has 2 heterocycles. The van der Waals surface area contributed by atoms with Gasteiger partial charge in [-0.2, -0.15) is 5.26 Å². The summed E-state index contributed by atoms with van der Waals surface area (Å²) in [5, 5.41) is 15.8. The summed E-state index contributed by atoms with van der Waals surface area (Å²) in [4.78, 5) is 4.61. The first-order valence-electron chi connectivity index (χ1n) is 7.78. The van der Waals surface area contributed by atoms with Gasteiger partial charge >= 0.3 is 0 Å². The lowest BCUT2D eigenvalue weighted by atomic mass is 10.1. The van der Waals surface area contributed by atoms with Crippen molar-refractivity contribution in [3.63, 3.8) is 0 Å². The Morgan fingerprint density at radius 3 is 2.70 bits per heavy atom. The number of fused-ring (bicyclic) bond motifs is 1. The van der Waals surface area contributed by atoms with Crippen LogP contribution in [0, 0.1) is 17.1 Å². The molecule has 4 rings (SSSR count). The molecule has 1 aliphatic rings. The summed E-state index contributed by atoms with van der Waals surface area (Å²) in [6.45, 7) is 0. The monoisotopic (exact) mass is 309 g/mol. The number of H-pyrrole nitrogens is 1. The Kier molecular flexibility index (Phi) is 3.27. The summed E-state index contributed by atoms with van der Waals surface area (Å²) in [7, 11) is 0. The van der Waals surface area contributed by atoms with Crippen molar-refractivity contribution in [3.05, 3.63) is 41.8 Å². The van der Waals surface area contributed by atoms with Gasteiger partial charge in [-0.05, 0) is 37.1 Å². The molecule has 2 N–H and O–H groups in total. The largest absolute Gasteiger partial charge is 0.365 e. The van der Waals surface area contributed by atoms with E-state index in [1.54, 1.807) is 22.8 Å². The maximum Gasteiger partial charge on any atom is 0.173 e. The molecule has 3 aromatic rings. The molecule has 0 radical (unpaired) electrons. The highest BCUT2D eigenvalue weighted by Gasteiger charge is 2.22. The zero-order valence-electron chi connectivity index (χ0n) is 12.5. The quantitative estimate of drug-likeness (QED) is 0.775. The van der Waals surface area contributed by atoms with Crippen LogP contribution in [-0.4, -0.2) is 20.6 Å². The SMILES string of the molecule is N#Cc1c[nH]n2c(NC3CCCC3)c(-c3ccc(F)cc3)nc12. The number of rotatable bonds is 3. The molecule has 0 atom stereocenters. The van der Waals surface area contributed by atoms with Crippen molar-refractivity contribution in [3.8, 4) is 17.3 Å². The van der Waals surface area contributed by atoms with Gasteiger partial charge in [-0.3, -0.25) is 5.10 Å². The lowest BCUT2D eigenvalue weighted by Gasteiger charge is -2.14. The van der Waals surface area contributed by atoms with Crippen LogP contribution in [0.15, 0.2) is 30.5 Å². The second-order valence-electron chi connectivity index (χ2n) is 5.90. The van der Waals surface area contributed by atoms with E-state index in [2.05, 4.69) is 21.5 Å². The summed E-state index contributed by atoms with van der Waals surface area (Å²) in [5.41, 5.74) is 2.65. The van der Waals surface area contributed by atoms with Crippen LogP contribution in [0.4, 0.5) is 10.2 Å². The first-order chi connectivity index (χ1) is 11.3. The predicted molar refractivity (Wildman–Crippen MR) is 85.5 cm³/mol. The number of anilines is 1. The fourth-order valence-corrected chi connectivity index (χ4v) is 3.21. The lowest BCUT2D eigenvalue weighted by Crippen LogP contribution is -2.16. The molecule has 2 aromatic heterocycles. The second kappa shape index (κ2) is 5.43. The fraction of sp³-hybridized carbons (Fsp3) is 0.294. The molecular formula is C17H16FN5. The van der Waals surface area contributed by atoms with E-state index in [-0.39, 0.29) is 5.82 Å². The van der Waals surface area contributed by atoms with E-state index in [1.807, 2.05) is 0 Å². The molecule has 5 nitrogen and oxygen atoms in total. The number of nitriles is 1. The smallest absolute Gasteiger partial charge is 0.173 e. The number of nitrogens with zero attached hydrogens (tertiary/aromatic N) is 3. The van der Waals surface area contributed by atoms with Crippen LogP contribution >= 0.6 is 0 Å². The van der Waals surface area contributed by atoms with Gasteiger partial charge in [0.25, 0.3) is 0 Å². The number of aromatic nitrogens is 3.